The molecule has 3 nitrogen and oxygen atoms in total. The van der Waals surface area contributed by atoms with E-state index in [1.165, 1.54) is 0 Å². The van der Waals surface area contributed by atoms with Gasteiger partial charge in [-0.2, -0.15) is 0 Å². The maximum Gasteiger partial charge on any atom is 0.0914 e. The second-order valence-electron chi connectivity index (χ2n) is 3.20. The van der Waals surface area contributed by atoms with E-state index in [2.05, 4.69) is 0 Å². The monoisotopic (exact) mass is 132 g/mol. The van der Waals surface area contributed by atoms with Crippen molar-refractivity contribution in [3.63, 3.8) is 0 Å². The third kappa shape index (κ3) is 1.93. The highest BCUT2D eigenvalue weighted by Gasteiger charge is 2.34. The summed E-state index contributed by atoms with van der Waals surface area (Å²) < 4.78 is 0. The van der Waals surface area contributed by atoms with Gasteiger partial charge < -0.3 is 16.6 Å². The van der Waals surface area contributed by atoms with E-state index < -0.39 is 11.1 Å². The molecule has 0 saturated heterocycles. The highest BCUT2D eigenvalue weighted by molar-refractivity contribution is 4.94. The summed E-state index contributed by atoms with van der Waals surface area (Å²) in [5.41, 5.74) is 9.27. The predicted octanol–water partition coefficient (Wildman–Crippen LogP) is -0.567. The minimum absolute atomic E-state index is 0.191. The summed E-state index contributed by atoms with van der Waals surface area (Å²) in [6.07, 6.45) is 0. The van der Waals surface area contributed by atoms with Crippen molar-refractivity contribution >= 4 is 0 Å². The van der Waals surface area contributed by atoms with Crippen LogP contribution < -0.4 is 11.5 Å². The molecule has 56 valence electrons. The molecule has 0 amide bonds. The summed E-state index contributed by atoms with van der Waals surface area (Å²) in [6, 6.07) is 0. The van der Waals surface area contributed by atoms with Crippen LogP contribution in [0.4, 0.5) is 0 Å². The van der Waals surface area contributed by atoms with Crippen LogP contribution in [0.1, 0.15) is 20.8 Å². The Labute approximate surface area is 56.0 Å². The van der Waals surface area contributed by atoms with Crippen LogP contribution in [-0.2, 0) is 0 Å². The van der Waals surface area contributed by atoms with E-state index in [1.807, 2.05) is 0 Å². The molecule has 0 aliphatic rings. The van der Waals surface area contributed by atoms with Gasteiger partial charge in [-0.15, -0.1) is 0 Å². The minimum atomic E-state index is -0.965. The van der Waals surface area contributed by atoms with Gasteiger partial charge in [0.1, 0.15) is 0 Å². The first kappa shape index (κ1) is 8.88. The lowest BCUT2D eigenvalue weighted by Crippen LogP contribution is -2.58. The number of hydrogen-bond acceptors (Lipinski definition) is 3. The maximum atomic E-state index is 9.41. The summed E-state index contributed by atoms with van der Waals surface area (Å²) >= 11 is 0. The molecular formula is C6H16N2O. The summed E-state index contributed by atoms with van der Waals surface area (Å²) in [5, 5.41) is 9.41. The largest absolute Gasteiger partial charge is 0.387 e. The van der Waals surface area contributed by atoms with Gasteiger partial charge in [0.2, 0.25) is 0 Å². The van der Waals surface area contributed by atoms with Crippen LogP contribution in [0.15, 0.2) is 0 Å². The highest BCUT2D eigenvalue weighted by Crippen LogP contribution is 2.15. The van der Waals surface area contributed by atoms with Crippen molar-refractivity contribution in [2.24, 2.45) is 11.5 Å². The Morgan fingerprint density at radius 3 is 1.67 bits per heavy atom. The van der Waals surface area contributed by atoms with E-state index in [9.17, 15) is 5.11 Å². The third-order valence-electron chi connectivity index (χ3n) is 1.79. The summed E-state index contributed by atoms with van der Waals surface area (Å²) in [6.45, 7) is 5.32. The Kier molecular flexibility index (Phi) is 2.22. The fraction of sp³-hybridized carbons (Fsp3) is 1.00. The van der Waals surface area contributed by atoms with Crippen LogP contribution >= 0.6 is 0 Å². The van der Waals surface area contributed by atoms with Gasteiger partial charge in [-0.25, -0.2) is 0 Å². The highest BCUT2D eigenvalue weighted by atomic mass is 16.3. The second-order valence-corrected chi connectivity index (χ2v) is 3.20. The van der Waals surface area contributed by atoms with Crippen molar-refractivity contribution in [1.82, 2.24) is 0 Å². The number of rotatable bonds is 2. The van der Waals surface area contributed by atoms with Gasteiger partial charge in [0.15, 0.2) is 0 Å². The standard InChI is InChI=1S/C6H16N2O/c1-5(2,8)6(3,9)4-7/h9H,4,7-8H2,1-3H3. The SMILES string of the molecule is CC(C)(N)C(C)(O)CN. The fourth-order valence-corrected chi connectivity index (χ4v) is 0.263. The molecule has 0 aromatic rings. The van der Waals surface area contributed by atoms with Gasteiger partial charge in [0.05, 0.1) is 5.60 Å². The average molecular weight is 132 g/mol. The topological polar surface area (TPSA) is 72.3 Å². The van der Waals surface area contributed by atoms with Crippen molar-refractivity contribution in [3.05, 3.63) is 0 Å². The normalized spacial score (nSPS) is 19.3. The summed E-state index contributed by atoms with van der Waals surface area (Å²) in [5.74, 6) is 0. The van der Waals surface area contributed by atoms with Crippen LogP contribution in [0.5, 0.6) is 0 Å². The van der Waals surface area contributed by atoms with Gasteiger partial charge >= 0.3 is 0 Å². The summed E-state index contributed by atoms with van der Waals surface area (Å²) in [7, 11) is 0. The molecule has 0 aliphatic heterocycles. The third-order valence-corrected chi connectivity index (χ3v) is 1.79. The Balaban J connectivity index is 4.14. The molecule has 3 heteroatoms. The lowest BCUT2D eigenvalue weighted by atomic mass is 9.85. The van der Waals surface area contributed by atoms with Crippen molar-refractivity contribution in [2.75, 3.05) is 6.54 Å². The molecule has 0 aromatic heterocycles. The molecule has 0 rings (SSSR count). The smallest absolute Gasteiger partial charge is 0.0914 e. The van der Waals surface area contributed by atoms with Crippen LogP contribution in [0.3, 0.4) is 0 Å². The molecule has 1 unspecified atom stereocenters. The molecule has 0 radical (unpaired) electrons. The van der Waals surface area contributed by atoms with Gasteiger partial charge in [-0.1, -0.05) is 0 Å². The van der Waals surface area contributed by atoms with Crippen molar-refractivity contribution < 1.29 is 5.11 Å². The number of nitrogens with two attached hydrogens (primary N) is 2. The number of hydrogen-bond donors (Lipinski definition) is 3. The zero-order chi connectivity index (χ0) is 7.71. The Morgan fingerprint density at radius 2 is 1.67 bits per heavy atom. The lowest BCUT2D eigenvalue weighted by molar-refractivity contribution is 0.00488. The zero-order valence-electron chi connectivity index (χ0n) is 6.31. The molecule has 0 saturated carbocycles. The van der Waals surface area contributed by atoms with E-state index in [0.29, 0.717) is 0 Å². The van der Waals surface area contributed by atoms with Crippen molar-refractivity contribution in [1.29, 1.82) is 0 Å². The lowest BCUT2D eigenvalue weighted by Gasteiger charge is -2.35. The van der Waals surface area contributed by atoms with Crippen LogP contribution in [0.2, 0.25) is 0 Å². The van der Waals surface area contributed by atoms with E-state index in [-0.39, 0.29) is 6.54 Å². The van der Waals surface area contributed by atoms with Crippen LogP contribution in [0.25, 0.3) is 0 Å². The molecule has 0 bridgehead atoms. The molecule has 0 heterocycles. The number of aliphatic hydroxyl groups is 1. The molecule has 5 N–H and O–H groups in total. The molecule has 9 heavy (non-hydrogen) atoms. The van der Waals surface area contributed by atoms with Gasteiger partial charge in [0.25, 0.3) is 0 Å². The molecular weight excluding hydrogens is 116 g/mol. The van der Waals surface area contributed by atoms with Crippen LogP contribution in [-0.4, -0.2) is 22.8 Å². The average Bonchev–Trinajstić information content (AvgIpc) is 1.64. The first-order valence-corrected chi connectivity index (χ1v) is 3.02. The maximum absolute atomic E-state index is 9.41. The molecule has 0 aliphatic carbocycles. The van der Waals surface area contributed by atoms with Crippen molar-refractivity contribution in [2.45, 2.75) is 31.9 Å². The van der Waals surface area contributed by atoms with E-state index >= 15 is 0 Å². The van der Waals surface area contributed by atoms with E-state index in [0.717, 1.165) is 0 Å². The Hall–Kier alpha value is -0.120. The zero-order valence-corrected chi connectivity index (χ0v) is 6.31. The van der Waals surface area contributed by atoms with E-state index in [4.69, 9.17) is 11.5 Å². The van der Waals surface area contributed by atoms with Gasteiger partial charge in [-0.3, -0.25) is 0 Å². The fourth-order valence-electron chi connectivity index (χ4n) is 0.263. The summed E-state index contributed by atoms with van der Waals surface area (Å²) in [4.78, 5) is 0. The molecule has 0 spiro atoms. The quantitative estimate of drug-likeness (QED) is 0.471. The van der Waals surface area contributed by atoms with Crippen molar-refractivity contribution in [3.8, 4) is 0 Å². The second kappa shape index (κ2) is 2.25. The minimum Gasteiger partial charge on any atom is -0.387 e. The molecule has 1 atom stereocenters. The van der Waals surface area contributed by atoms with E-state index in [1.54, 1.807) is 20.8 Å². The van der Waals surface area contributed by atoms with Gasteiger partial charge in [0, 0.05) is 12.1 Å². The first-order valence-electron chi connectivity index (χ1n) is 3.02. The Bertz CT molecular complexity index is 93.7. The Morgan fingerprint density at radius 1 is 1.33 bits per heavy atom. The van der Waals surface area contributed by atoms with Crippen LogP contribution in [0, 0.1) is 0 Å². The molecule has 0 aromatic carbocycles. The first-order chi connectivity index (χ1) is 3.81. The molecule has 0 fully saturated rings. The van der Waals surface area contributed by atoms with Gasteiger partial charge in [-0.05, 0) is 20.8 Å². The predicted molar refractivity (Wildman–Crippen MR) is 37.9 cm³/mol.